The van der Waals surface area contributed by atoms with Crippen LogP contribution in [-0.2, 0) is 7.05 Å². The number of rotatable bonds is 1. The van der Waals surface area contributed by atoms with Gasteiger partial charge in [0.1, 0.15) is 5.82 Å². The lowest BCUT2D eigenvalue weighted by Gasteiger charge is -1.97. The number of aromatic nitrogens is 1. The summed E-state index contributed by atoms with van der Waals surface area (Å²) in [5.41, 5.74) is 0.887. The van der Waals surface area contributed by atoms with E-state index < -0.39 is 11.7 Å². The number of amides is 1. The van der Waals surface area contributed by atoms with Crippen LogP contribution < -0.4 is 4.80 Å². The van der Waals surface area contributed by atoms with E-state index >= 15 is 0 Å². The van der Waals surface area contributed by atoms with Crippen molar-refractivity contribution in [1.29, 1.82) is 0 Å². The summed E-state index contributed by atoms with van der Waals surface area (Å²) in [5, 5.41) is 0.622. The minimum atomic E-state index is -0.596. The second-order valence-corrected chi connectivity index (χ2v) is 5.90. The molecule has 0 unspecified atom stereocenters. The van der Waals surface area contributed by atoms with E-state index in [2.05, 4.69) is 4.99 Å². The van der Waals surface area contributed by atoms with Gasteiger partial charge in [-0.2, -0.15) is 4.99 Å². The quantitative estimate of drug-likeness (QED) is 0.672. The summed E-state index contributed by atoms with van der Waals surface area (Å²) in [5.74, 6) is -1.17. The number of aryl methyl sites for hydroxylation is 1. The van der Waals surface area contributed by atoms with Crippen molar-refractivity contribution in [2.24, 2.45) is 12.0 Å². The fourth-order valence-electron chi connectivity index (χ4n) is 2.00. The summed E-state index contributed by atoms with van der Waals surface area (Å²) in [6.45, 7) is 0. The Bertz CT molecular complexity index is 913. The normalized spacial score (nSPS) is 12.0. The minimum absolute atomic E-state index is 0.0343. The molecule has 1 aromatic heterocycles. The van der Waals surface area contributed by atoms with E-state index in [0.29, 0.717) is 9.82 Å². The highest BCUT2D eigenvalue weighted by Crippen LogP contribution is 2.21. The molecular formula is C15H10ClFN2OS. The molecule has 0 spiro atoms. The first-order valence-electron chi connectivity index (χ1n) is 6.15. The van der Waals surface area contributed by atoms with Crippen LogP contribution in [0.2, 0.25) is 5.02 Å². The number of fused-ring (bicyclic) bond motifs is 1. The Kier molecular flexibility index (Phi) is 3.61. The molecule has 3 rings (SSSR count). The molecule has 0 atom stereocenters. The van der Waals surface area contributed by atoms with Crippen LogP contribution in [0.4, 0.5) is 4.39 Å². The molecule has 0 saturated heterocycles. The number of hydrogen-bond donors (Lipinski definition) is 0. The second kappa shape index (κ2) is 5.42. The largest absolute Gasteiger partial charge is 0.319 e. The molecule has 0 aliphatic rings. The van der Waals surface area contributed by atoms with Crippen molar-refractivity contribution in [3.8, 4) is 0 Å². The first kappa shape index (κ1) is 14.0. The average Bonchev–Trinajstić information content (AvgIpc) is 2.75. The van der Waals surface area contributed by atoms with Gasteiger partial charge in [0.05, 0.1) is 15.8 Å². The Hall–Kier alpha value is -1.98. The maximum Gasteiger partial charge on any atom is 0.282 e. The van der Waals surface area contributed by atoms with Gasteiger partial charge in [-0.1, -0.05) is 35.1 Å². The van der Waals surface area contributed by atoms with Crippen LogP contribution >= 0.6 is 22.9 Å². The maximum absolute atomic E-state index is 13.6. The summed E-state index contributed by atoms with van der Waals surface area (Å²) < 4.78 is 16.3. The van der Waals surface area contributed by atoms with E-state index in [1.165, 1.54) is 29.5 Å². The van der Waals surface area contributed by atoms with Gasteiger partial charge in [0.2, 0.25) is 0 Å². The van der Waals surface area contributed by atoms with Gasteiger partial charge in [-0.3, -0.25) is 4.79 Å². The number of carbonyl (C=O) groups excluding carboxylic acids is 1. The number of nitrogens with zero attached hydrogens (tertiary/aromatic N) is 2. The number of benzene rings is 2. The van der Waals surface area contributed by atoms with E-state index in [1.54, 1.807) is 23.7 Å². The molecule has 0 aliphatic carbocycles. The molecule has 0 aliphatic heterocycles. The zero-order chi connectivity index (χ0) is 15.0. The summed E-state index contributed by atoms with van der Waals surface area (Å²) in [6.07, 6.45) is 0. The zero-order valence-electron chi connectivity index (χ0n) is 11.0. The van der Waals surface area contributed by atoms with Gasteiger partial charge >= 0.3 is 0 Å². The maximum atomic E-state index is 13.6. The lowest BCUT2D eigenvalue weighted by atomic mass is 10.2. The van der Waals surface area contributed by atoms with Crippen LogP contribution in [-0.4, -0.2) is 10.5 Å². The first-order valence-corrected chi connectivity index (χ1v) is 7.34. The summed E-state index contributed by atoms with van der Waals surface area (Å²) in [6, 6.07) is 11.3. The van der Waals surface area contributed by atoms with Crippen molar-refractivity contribution in [2.45, 2.75) is 0 Å². The van der Waals surface area contributed by atoms with Crippen LogP contribution in [0.5, 0.6) is 0 Å². The van der Waals surface area contributed by atoms with Crippen molar-refractivity contribution in [1.82, 2.24) is 4.57 Å². The van der Waals surface area contributed by atoms with E-state index in [9.17, 15) is 9.18 Å². The number of carbonyl (C=O) groups is 1. The zero-order valence-corrected chi connectivity index (χ0v) is 12.6. The predicted molar refractivity (Wildman–Crippen MR) is 82.1 cm³/mol. The highest BCUT2D eigenvalue weighted by molar-refractivity contribution is 7.16. The molecular weight excluding hydrogens is 311 g/mol. The standard InChI is InChI=1S/C15H10ClFN2OS/c1-19-12-7-6-9(16)8-13(12)21-15(19)18-14(20)10-4-2-3-5-11(10)17/h2-8H,1H3. The summed E-state index contributed by atoms with van der Waals surface area (Å²) >= 11 is 7.29. The van der Waals surface area contributed by atoms with Crippen molar-refractivity contribution in [2.75, 3.05) is 0 Å². The van der Waals surface area contributed by atoms with E-state index in [1.807, 2.05) is 12.1 Å². The monoisotopic (exact) mass is 320 g/mol. The topological polar surface area (TPSA) is 34.4 Å². The Morgan fingerprint density at radius 2 is 2.05 bits per heavy atom. The van der Waals surface area contributed by atoms with Crippen LogP contribution in [0.3, 0.4) is 0 Å². The smallest absolute Gasteiger partial charge is 0.282 e. The lowest BCUT2D eigenvalue weighted by Crippen LogP contribution is -2.13. The molecule has 0 N–H and O–H groups in total. The van der Waals surface area contributed by atoms with Crippen molar-refractivity contribution in [3.05, 3.63) is 63.7 Å². The Morgan fingerprint density at radius 3 is 2.81 bits per heavy atom. The van der Waals surface area contributed by atoms with Crippen LogP contribution in [0.1, 0.15) is 10.4 Å². The fourth-order valence-corrected chi connectivity index (χ4v) is 3.29. The second-order valence-electron chi connectivity index (χ2n) is 4.45. The molecule has 6 heteroatoms. The van der Waals surface area contributed by atoms with Crippen molar-refractivity contribution < 1.29 is 9.18 Å². The Labute approximate surface area is 128 Å². The number of halogens is 2. The first-order chi connectivity index (χ1) is 10.1. The van der Waals surface area contributed by atoms with E-state index in [4.69, 9.17) is 11.6 Å². The highest BCUT2D eigenvalue weighted by Gasteiger charge is 2.11. The molecule has 0 radical (unpaired) electrons. The van der Waals surface area contributed by atoms with Crippen molar-refractivity contribution in [3.63, 3.8) is 0 Å². The molecule has 3 nitrogen and oxygen atoms in total. The molecule has 1 amide bonds. The van der Waals surface area contributed by atoms with E-state index in [0.717, 1.165) is 10.2 Å². The fraction of sp³-hybridized carbons (Fsp3) is 0.0667. The number of thiazole rings is 1. The SMILES string of the molecule is Cn1c(=NC(=O)c2ccccc2F)sc2cc(Cl)ccc21. The molecule has 2 aromatic carbocycles. The highest BCUT2D eigenvalue weighted by atomic mass is 35.5. The number of hydrogen-bond acceptors (Lipinski definition) is 2. The minimum Gasteiger partial charge on any atom is -0.319 e. The van der Waals surface area contributed by atoms with Crippen LogP contribution in [0.15, 0.2) is 47.5 Å². The third kappa shape index (κ3) is 2.62. The molecule has 0 fully saturated rings. The molecule has 0 saturated carbocycles. The van der Waals surface area contributed by atoms with Gasteiger partial charge in [0.15, 0.2) is 4.80 Å². The van der Waals surface area contributed by atoms with Crippen molar-refractivity contribution >= 4 is 39.1 Å². The van der Waals surface area contributed by atoms with Gasteiger partial charge in [-0.25, -0.2) is 4.39 Å². The third-order valence-corrected chi connectivity index (χ3v) is 4.40. The molecule has 106 valence electrons. The van der Waals surface area contributed by atoms with Gasteiger partial charge < -0.3 is 4.57 Å². The van der Waals surface area contributed by atoms with E-state index in [-0.39, 0.29) is 5.56 Å². The van der Waals surface area contributed by atoms with Crippen LogP contribution in [0, 0.1) is 5.82 Å². The van der Waals surface area contributed by atoms with Gasteiger partial charge in [0, 0.05) is 12.1 Å². The van der Waals surface area contributed by atoms with Gasteiger partial charge in [-0.05, 0) is 30.3 Å². The summed E-state index contributed by atoms with van der Waals surface area (Å²) in [7, 11) is 1.81. The lowest BCUT2D eigenvalue weighted by molar-refractivity contribution is 0.0994. The summed E-state index contributed by atoms with van der Waals surface area (Å²) in [4.78, 5) is 16.6. The average molecular weight is 321 g/mol. The Morgan fingerprint density at radius 1 is 1.29 bits per heavy atom. The molecule has 1 heterocycles. The molecule has 0 bridgehead atoms. The van der Waals surface area contributed by atoms with Gasteiger partial charge in [-0.15, -0.1) is 0 Å². The van der Waals surface area contributed by atoms with Gasteiger partial charge in [0.25, 0.3) is 5.91 Å². The third-order valence-electron chi connectivity index (χ3n) is 3.07. The molecule has 3 aromatic rings. The predicted octanol–water partition coefficient (Wildman–Crippen LogP) is 3.77. The van der Waals surface area contributed by atoms with Crippen LogP contribution in [0.25, 0.3) is 10.2 Å². The molecule has 21 heavy (non-hydrogen) atoms. The Balaban J connectivity index is 2.14.